The van der Waals surface area contributed by atoms with Gasteiger partial charge in [0.2, 0.25) is 0 Å². The monoisotopic (exact) mass is 331 g/mol. The number of hydrogen-bond donors (Lipinski definition) is 0. The molecule has 4 heteroatoms. The van der Waals surface area contributed by atoms with Gasteiger partial charge >= 0.3 is 5.97 Å². The van der Waals surface area contributed by atoms with Gasteiger partial charge in [0.15, 0.2) is 0 Å². The number of nitrogens with zero attached hydrogens (tertiary/aromatic N) is 1. The Balaban J connectivity index is 1.64. The van der Waals surface area contributed by atoms with Gasteiger partial charge in [-0.05, 0) is 53.1 Å². The Hall–Kier alpha value is -3.45. The molecule has 0 atom stereocenters. The maximum atomic E-state index is 12.9. The van der Waals surface area contributed by atoms with E-state index in [4.69, 9.17) is 10.00 Å². The minimum atomic E-state index is -0.405. The van der Waals surface area contributed by atoms with Crippen molar-refractivity contribution in [3.63, 3.8) is 0 Å². The van der Waals surface area contributed by atoms with Crippen LogP contribution in [0.2, 0.25) is 0 Å². The van der Waals surface area contributed by atoms with E-state index in [9.17, 15) is 9.18 Å². The molecule has 0 unspecified atom stereocenters. The number of benzene rings is 3. The van der Waals surface area contributed by atoms with Crippen LogP contribution < -0.4 is 4.74 Å². The van der Waals surface area contributed by atoms with Crippen LogP contribution in [0, 0.1) is 17.1 Å². The second-order valence-electron chi connectivity index (χ2n) is 5.49. The van der Waals surface area contributed by atoms with E-state index >= 15 is 0 Å². The summed E-state index contributed by atoms with van der Waals surface area (Å²) in [6, 6.07) is 22.2. The van der Waals surface area contributed by atoms with Crippen molar-refractivity contribution in [2.45, 2.75) is 6.42 Å². The summed E-state index contributed by atoms with van der Waals surface area (Å²) in [7, 11) is 0. The van der Waals surface area contributed by atoms with Gasteiger partial charge in [-0.2, -0.15) is 5.26 Å². The summed E-state index contributed by atoms with van der Waals surface area (Å²) >= 11 is 0. The highest BCUT2D eigenvalue weighted by molar-refractivity contribution is 5.75. The number of esters is 1. The van der Waals surface area contributed by atoms with E-state index in [0.29, 0.717) is 16.9 Å². The van der Waals surface area contributed by atoms with Crippen LogP contribution in [0.3, 0.4) is 0 Å². The molecule has 0 aromatic heterocycles. The van der Waals surface area contributed by atoms with Crippen molar-refractivity contribution < 1.29 is 13.9 Å². The summed E-state index contributed by atoms with van der Waals surface area (Å²) in [6.07, 6.45) is 0.0810. The largest absolute Gasteiger partial charge is 0.426 e. The summed E-state index contributed by atoms with van der Waals surface area (Å²) in [5.74, 6) is -0.294. The lowest BCUT2D eigenvalue weighted by Gasteiger charge is -2.06. The molecule has 3 aromatic carbocycles. The van der Waals surface area contributed by atoms with Gasteiger partial charge in [-0.3, -0.25) is 4.79 Å². The van der Waals surface area contributed by atoms with Gasteiger partial charge in [0.1, 0.15) is 11.6 Å². The van der Waals surface area contributed by atoms with Crippen LogP contribution in [-0.4, -0.2) is 5.97 Å². The average Bonchev–Trinajstić information content (AvgIpc) is 2.64. The van der Waals surface area contributed by atoms with Gasteiger partial charge in [-0.25, -0.2) is 4.39 Å². The highest BCUT2D eigenvalue weighted by Gasteiger charge is 2.07. The van der Waals surface area contributed by atoms with Gasteiger partial charge in [-0.1, -0.05) is 36.4 Å². The number of carbonyl (C=O) groups is 1. The zero-order valence-corrected chi connectivity index (χ0v) is 13.3. The average molecular weight is 331 g/mol. The lowest BCUT2D eigenvalue weighted by atomic mass is 10.0. The van der Waals surface area contributed by atoms with Crippen molar-refractivity contribution in [2.24, 2.45) is 0 Å². The fourth-order valence-electron chi connectivity index (χ4n) is 2.39. The summed E-state index contributed by atoms with van der Waals surface area (Å²) in [5, 5.41) is 8.82. The van der Waals surface area contributed by atoms with Crippen molar-refractivity contribution in [3.05, 3.63) is 89.7 Å². The van der Waals surface area contributed by atoms with Crippen LogP contribution in [0.25, 0.3) is 11.1 Å². The van der Waals surface area contributed by atoms with Crippen LogP contribution in [0.5, 0.6) is 5.75 Å². The third kappa shape index (κ3) is 4.30. The molecule has 0 radical (unpaired) electrons. The molecule has 3 rings (SSSR count). The molecule has 0 heterocycles. The first-order chi connectivity index (χ1) is 12.1. The minimum Gasteiger partial charge on any atom is -0.426 e. The van der Waals surface area contributed by atoms with Gasteiger partial charge in [-0.15, -0.1) is 0 Å². The number of nitriles is 1. The van der Waals surface area contributed by atoms with Crippen molar-refractivity contribution in [1.82, 2.24) is 0 Å². The lowest BCUT2D eigenvalue weighted by molar-refractivity contribution is -0.133. The zero-order valence-electron chi connectivity index (χ0n) is 13.3. The molecule has 0 aliphatic heterocycles. The molecule has 0 N–H and O–H groups in total. The predicted molar refractivity (Wildman–Crippen MR) is 92.3 cm³/mol. The second-order valence-corrected chi connectivity index (χ2v) is 5.49. The normalized spacial score (nSPS) is 10.1. The summed E-state index contributed by atoms with van der Waals surface area (Å²) < 4.78 is 18.2. The molecule has 0 saturated carbocycles. The Bertz CT molecular complexity index is 908. The van der Waals surface area contributed by atoms with Gasteiger partial charge < -0.3 is 4.74 Å². The smallest absolute Gasteiger partial charge is 0.315 e. The molecule has 0 aliphatic rings. The van der Waals surface area contributed by atoms with E-state index in [0.717, 1.165) is 11.1 Å². The summed E-state index contributed by atoms with van der Waals surface area (Å²) in [5.41, 5.74) is 3.24. The van der Waals surface area contributed by atoms with Crippen LogP contribution in [0.15, 0.2) is 72.8 Å². The van der Waals surface area contributed by atoms with Crippen molar-refractivity contribution in [1.29, 1.82) is 5.26 Å². The maximum Gasteiger partial charge on any atom is 0.315 e. The lowest BCUT2D eigenvalue weighted by Crippen LogP contribution is -2.11. The molecule has 0 aliphatic carbocycles. The number of halogens is 1. The van der Waals surface area contributed by atoms with E-state index < -0.39 is 5.97 Å². The molecule has 0 saturated heterocycles. The zero-order chi connectivity index (χ0) is 17.6. The van der Waals surface area contributed by atoms with Gasteiger partial charge in [0.05, 0.1) is 18.1 Å². The quantitative estimate of drug-likeness (QED) is 0.522. The van der Waals surface area contributed by atoms with Crippen molar-refractivity contribution in [2.75, 3.05) is 0 Å². The number of carbonyl (C=O) groups excluding carboxylic acids is 1. The van der Waals surface area contributed by atoms with Crippen LogP contribution >= 0.6 is 0 Å². The van der Waals surface area contributed by atoms with E-state index in [1.54, 1.807) is 36.4 Å². The highest BCUT2D eigenvalue weighted by Crippen LogP contribution is 2.23. The Morgan fingerprint density at radius 1 is 0.880 bits per heavy atom. The Labute approximate surface area is 144 Å². The third-order valence-electron chi connectivity index (χ3n) is 3.70. The minimum absolute atomic E-state index is 0.0810. The molecule has 0 fully saturated rings. The summed E-state index contributed by atoms with van der Waals surface area (Å²) in [6.45, 7) is 0. The first-order valence-electron chi connectivity index (χ1n) is 7.70. The van der Waals surface area contributed by atoms with E-state index in [1.807, 2.05) is 24.3 Å². The molecule has 0 amide bonds. The van der Waals surface area contributed by atoms with Crippen molar-refractivity contribution in [3.8, 4) is 22.9 Å². The number of hydrogen-bond acceptors (Lipinski definition) is 3. The molecule has 122 valence electrons. The fourth-order valence-corrected chi connectivity index (χ4v) is 2.39. The molecule has 25 heavy (non-hydrogen) atoms. The standard InChI is InChI=1S/C21H14FNO2/c22-19-9-3-15(4-10-19)13-21(24)25-20-11-7-18(8-12-20)17-5-1-16(14-23)2-6-17/h1-12H,13H2. The highest BCUT2D eigenvalue weighted by atomic mass is 19.1. The summed E-state index contributed by atoms with van der Waals surface area (Å²) in [4.78, 5) is 11.9. The third-order valence-corrected chi connectivity index (χ3v) is 3.70. The Morgan fingerprint density at radius 2 is 1.44 bits per heavy atom. The molecule has 3 aromatic rings. The second kappa shape index (κ2) is 7.41. The maximum absolute atomic E-state index is 12.9. The van der Waals surface area contributed by atoms with Gasteiger partial charge in [0, 0.05) is 0 Å². The molecular formula is C21H14FNO2. The first-order valence-corrected chi connectivity index (χ1v) is 7.70. The van der Waals surface area contributed by atoms with Gasteiger partial charge in [0.25, 0.3) is 0 Å². The SMILES string of the molecule is N#Cc1ccc(-c2ccc(OC(=O)Cc3ccc(F)cc3)cc2)cc1. The first kappa shape index (κ1) is 16.4. The predicted octanol–water partition coefficient (Wildman–Crippen LogP) is 4.51. The Morgan fingerprint density at radius 3 is 2.00 bits per heavy atom. The number of rotatable bonds is 4. The topological polar surface area (TPSA) is 50.1 Å². The van der Waals surface area contributed by atoms with E-state index in [-0.39, 0.29) is 12.2 Å². The Kier molecular flexibility index (Phi) is 4.87. The van der Waals surface area contributed by atoms with E-state index in [1.165, 1.54) is 12.1 Å². The van der Waals surface area contributed by atoms with Crippen LogP contribution in [-0.2, 0) is 11.2 Å². The van der Waals surface area contributed by atoms with Crippen molar-refractivity contribution >= 4 is 5.97 Å². The fraction of sp³-hybridized carbons (Fsp3) is 0.0476. The van der Waals surface area contributed by atoms with Crippen LogP contribution in [0.4, 0.5) is 4.39 Å². The molecule has 3 nitrogen and oxygen atoms in total. The van der Waals surface area contributed by atoms with Crippen LogP contribution in [0.1, 0.15) is 11.1 Å². The van der Waals surface area contributed by atoms with E-state index in [2.05, 4.69) is 6.07 Å². The molecular weight excluding hydrogens is 317 g/mol. The number of ether oxygens (including phenoxy) is 1. The molecule has 0 bridgehead atoms. The molecule has 0 spiro atoms.